The van der Waals surface area contributed by atoms with Crippen molar-refractivity contribution in [3.8, 4) is 11.5 Å². The summed E-state index contributed by atoms with van der Waals surface area (Å²) in [6, 6.07) is 15.1. The second-order valence-electron chi connectivity index (χ2n) is 5.80. The maximum atomic E-state index is 12.3. The molecule has 0 aliphatic rings. The highest BCUT2D eigenvalue weighted by Gasteiger charge is 2.19. The summed E-state index contributed by atoms with van der Waals surface area (Å²) in [5, 5.41) is 12.0. The van der Waals surface area contributed by atoms with Crippen LogP contribution in [-0.2, 0) is 11.3 Å². The monoisotopic (exact) mass is 451 g/mol. The fourth-order valence-electron chi connectivity index (χ4n) is 2.41. The summed E-state index contributed by atoms with van der Waals surface area (Å²) in [4.78, 5) is 22.9. The molecule has 0 unspecified atom stereocenters. The molecule has 0 amide bonds. The number of halogens is 3. The Hall–Kier alpha value is -2.80. The lowest BCUT2D eigenvalue weighted by molar-refractivity contribution is -0.385. The molecule has 0 fully saturated rings. The average molecular weight is 453 g/mol. The zero-order valence-corrected chi connectivity index (χ0v) is 16.9. The first-order chi connectivity index (χ1) is 13.8. The smallest absolute Gasteiger partial charge is 0.338 e. The molecule has 0 radical (unpaired) electrons. The van der Waals surface area contributed by atoms with Gasteiger partial charge >= 0.3 is 11.7 Å². The molecule has 0 aromatic heterocycles. The Bertz CT molecular complexity index is 1090. The Morgan fingerprint density at radius 1 is 0.931 bits per heavy atom. The third-order valence-corrected chi connectivity index (χ3v) is 4.82. The van der Waals surface area contributed by atoms with Crippen molar-refractivity contribution in [2.24, 2.45) is 0 Å². The van der Waals surface area contributed by atoms with E-state index in [1.54, 1.807) is 30.3 Å². The van der Waals surface area contributed by atoms with Gasteiger partial charge in [0.1, 0.15) is 12.4 Å². The maximum Gasteiger partial charge on any atom is 0.338 e. The number of esters is 1. The van der Waals surface area contributed by atoms with E-state index < -0.39 is 10.9 Å². The van der Waals surface area contributed by atoms with Gasteiger partial charge in [-0.15, -0.1) is 0 Å². The normalized spacial score (nSPS) is 10.4. The lowest BCUT2D eigenvalue weighted by Gasteiger charge is -2.10. The van der Waals surface area contributed by atoms with Crippen LogP contribution < -0.4 is 4.74 Å². The average Bonchev–Trinajstić information content (AvgIpc) is 2.70. The molecular formula is C20H12Cl3NO5. The Morgan fingerprint density at radius 2 is 1.69 bits per heavy atom. The molecule has 0 aliphatic heterocycles. The van der Waals surface area contributed by atoms with Crippen LogP contribution in [0.2, 0.25) is 15.1 Å². The molecule has 0 saturated heterocycles. The first-order valence-electron chi connectivity index (χ1n) is 8.17. The molecule has 0 atom stereocenters. The lowest BCUT2D eigenvalue weighted by atomic mass is 10.2. The van der Waals surface area contributed by atoms with Crippen molar-refractivity contribution in [3.05, 3.63) is 97.0 Å². The molecule has 0 bridgehead atoms. The Kier molecular flexibility index (Phi) is 6.59. The highest BCUT2D eigenvalue weighted by molar-refractivity contribution is 6.42. The standard InChI is InChI=1S/C20H12Cl3NO5/c21-15-8-7-12(9-17(15)23)11-28-20(25)13-3-1-4-14(10-13)29-19-16(22)5-2-6-18(19)24(26)27/h1-10H,11H2. The number of nitro benzene ring substituents is 1. The number of benzene rings is 3. The number of para-hydroxylation sites is 1. The minimum Gasteiger partial charge on any atom is -0.457 e. The number of hydrogen-bond acceptors (Lipinski definition) is 5. The second-order valence-corrected chi connectivity index (χ2v) is 7.02. The molecule has 9 heteroatoms. The van der Waals surface area contributed by atoms with E-state index in [2.05, 4.69) is 0 Å². The van der Waals surface area contributed by atoms with E-state index >= 15 is 0 Å². The van der Waals surface area contributed by atoms with Crippen LogP contribution in [0.25, 0.3) is 0 Å². The number of hydrogen-bond donors (Lipinski definition) is 0. The summed E-state index contributed by atoms with van der Waals surface area (Å²) in [6.07, 6.45) is 0. The predicted octanol–water partition coefficient (Wildman–Crippen LogP) is 6.70. The Morgan fingerprint density at radius 3 is 2.41 bits per heavy atom. The number of nitrogens with zero attached hydrogens (tertiary/aromatic N) is 1. The summed E-state index contributed by atoms with van der Waals surface area (Å²) >= 11 is 17.8. The summed E-state index contributed by atoms with van der Waals surface area (Å²) in [7, 11) is 0. The Labute approximate surface area is 180 Å². The molecule has 3 aromatic carbocycles. The van der Waals surface area contributed by atoms with Crippen LogP contribution in [0.3, 0.4) is 0 Å². The third-order valence-electron chi connectivity index (χ3n) is 3.79. The van der Waals surface area contributed by atoms with Gasteiger partial charge in [0.2, 0.25) is 5.75 Å². The van der Waals surface area contributed by atoms with Crippen LogP contribution in [0.4, 0.5) is 5.69 Å². The van der Waals surface area contributed by atoms with Gasteiger partial charge in [-0.3, -0.25) is 10.1 Å². The number of carbonyl (C=O) groups is 1. The fraction of sp³-hybridized carbons (Fsp3) is 0.0500. The van der Waals surface area contributed by atoms with Gasteiger partial charge in [0.25, 0.3) is 0 Å². The number of rotatable bonds is 6. The zero-order chi connectivity index (χ0) is 21.0. The van der Waals surface area contributed by atoms with E-state index in [0.717, 1.165) is 0 Å². The van der Waals surface area contributed by atoms with Gasteiger partial charge in [0.15, 0.2) is 0 Å². The second kappa shape index (κ2) is 9.13. The third kappa shape index (κ3) is 5.17. The van der Waals surface area contributed by atoms with E-state index in [0.29, 0.717) is 15.6 Å². The number of nitro groups is 1. The van der Waals surface area contributed by atoms with Crippen molar-refractivity contribution in [2.45, 2.75) is 6.61 Å². The molecule has 3 aromatic rings. The lowest BCUT2D eigenvalue weighted by Crippen LogP contribution is -2.05. The van der Waals surface area contributed by atoms with Crippen LogP contribution in [0.15, 0.2) is 60.7 Å². The van der Waals surface area contributed by atoms with Crippen molar-refractivity contribution in [3.63, 3.8) is 0 Å². The quantitative estimate of drug-likeness (QED) is 0.236. The first-order valence-corrected chi connectivity index (χ1v) is 9.30. The van der Waals surface area contributed by atoms with Crippen molar-refractivity contribution in [2.75, 3.05) is 0 Å². The van der Waals surface area contributed by atoms with Crippen molar-refractivity contribution < 1.29 is 19.2 Å². The van der Waals surface area contributed by atoms with E-state index in [9.17, 15) is 14.9 Å². The van der Waals surface area contributed by atoms with Crippen molar-refractivity contribution in [1.82, 2.24) is 0 Å². The minimum atomic E-state index is -0.602. The fourth-order valence-corrected chi connectivity index (χ4v) is 2.94. The van der Waals surface area contributed by atoms with Crippen LogP contribution >= 0.6 is 34.8 Å². The zero-order valence-electron chi connectivity index (χ0n) is 14.6. The minimum absolute atomic E-state index is 0.00318. The van der Waals surface area contributed by atoms with Gasteiger partial charge < -0.3 is 9.47 Å². The maximum absolute atomic E-state index is 12.3. The molecule has 3 rings (SSSR count). The summed E-state index contributed by atoms with van der Waals surface area (Å²) in [6.45, 7) is -0.00318. The predicted molar refractivity (Wildman–Crippen MR) is 110 cm³/mol. The van der Waals surface area contributed by atoms with Gasteiger partial charge in [0, 0.05) is 6.07 Å². The summed E-state index contributed by atoms with van der Waals surface area (Å²) in [5.74, 6) is -0.513. The van der Waals surface area contributed by atoms with E-state index in [1.165, 1.54) is 30.3 Å². The number of carbonyl (C=O) groups excluding carboxylic acids is 1. The molecule has 0 heterocycles. The number of ether oxygens (including phenoxy) is 2. The van der Waals surface area contributed by atoms with Crippen molar-refractivity contribution in [1.29, 1.82) is 0 Å². The SMILES string of the molecule is O=C(OCc1ccc(Cl)c(Cl)c1)c1cccc(Oc2c(Cl)cccc2[N+](=O)[O-])c1. The molecular weight excluding hydrogens is 441 g/mol. The molecule has 0 aliphatic carbocycles. The topological polar surface area (TPSA) is 78.7 Å². The van der Waals surface area contributed by atoms with Crippen LogP contribution in [0, 0.1) is 10.1 Å². The van der Waals surface area contributed by atoms with Crippen LogP contribution in [0.1, 0.15) is 15.9 Å². The van der Waals surface area contributed by atoms with Crippen LogP contribution in [-0.4, -0.2) is 10.9 Å². The Balaban J connectivity index is 1.75. The highest BCUT2D eigenvalue weighted by Crippen LogP contribution is 2.37. The summed E-state index contributed by atoms with van der Waals surface area (Å²) in [5.41, 5.74) is 0.592. The van der Waals surface area contributed by atoms with E-state index in [4.69, 9.17) is 44.3 Å². The highest BCUT2D eigenvalue weighted by atomic mass is 35.5. The molecule has 0 N–H and O–H groups in total. The van der Waals surface area contributed by atoms with Crippen molar-refractivity contribution >= 4 is 46.5 Å². The van der Waals surface area contributed by atoms with Gasteiger partial charge in [-0.2, -0.15) is 0 Å². The first kappa shape index (κ1) is 20.9. The molecule has 6 nitrogen and oxygen atoms in total. The largest absolute Gasteiger partial charge is 0.457 e. The van der Waals surface area contributed by atoms with Gasteiger partial charge in [-0.25, -0.2) is 4.79 Å². The van der Waals surface area contributed by atoms with E-state index in [-0.39, 0.29) is 34.4 Å². The molecule has 0 spiro atoms. The van der Waals surface area contributed by atoms with Gasteiger partial charge in [-0.1, -0.05) is 53.0 Å². The summed E-state index contributed by atoms with van der Waals surface area (Å²) < 4.78 is 10.8. The molecule has 148 valence electrons. The van der Waals surface area contributed by atoms with Crippen LogP contribution in [0.5, 0.6) is 11.5 Å². The molecule has 0 saturated carbocycles. The van der Waals surface area contributed by atoms with E-state index in [1.807, 2.05) is 0 Å². The van der Waals surface area contributed by atoms with Gasteiger partial charge in [-0.05, 0) is 42.0 Å². The molecule has 29 heavy (non-hydrogen) atoms. The van der Waals surface area contributed by atoms with Gasteiger partial charge in [0.05, 0.1) is 25.6 Å².